The molecule has 1 aromatic rings. The van der Waals surface area contributed by atoms with Crippen molar-refractivity contribution in [3.8, 4) is 0 Å². The number of hydrogen-bond donors (Lipinski definition) is 1. The molecule has 1 fully saturated rings. The first-order valence-corrected chi connectivity index (χ1v) is 7.75. The molecule has 1 unspecified atom stereocenters. The van der Waals surface area contributed by atoms with Crippen molar-refractivity contribution in [2.75, 3.05) is 13.1 Å². The van der Waals surface area contributed by atoms with E-state index in [9.17, 15) is 0 Å². The lowest BCUT2D eigenvalue weighted by molar-refractivity contribution is 0.507. The molecule has 94 valence electrons. The van der Waals surface area contributed by atoms with Crippen LogP contribution in [0.2, 0.25) is 0 Å². The molecule has 1 N–H and O–H groups in total. The summed E-state index contributed by atoms with van der Waals surface area (Å²) in [5.74, 6) is 0.672. The van der Waals surface area contributed by atoms with Gasteiger partial charge in [0.25, 0.3) is 0 Å². The molecule has 3 heteroatoms. The Morgan fingerprint density at radius 3 is 3.00 bits per heavy atom. The fourth-order valence-electron chi connectivity index (χ4n) is 2.68. The summed E-state index contributed by atoms with van der Waals surface area (Å²) in [6, 6.07) is 0. The van der Waals surface area contributed by atoms with E-state index in [2.05, 4.69) is 19.2 Å². The number of nitrogens with one attached hydrogen (secondary N) is 1. The maximum Gasteiger partial charge on any atom is 0.0990 e. The number of hydrogen-bond acceptors (Lipinski definition) is 3. The van der Waals surface area contributed by atoms with Crippen LogP contribution in [0.15, 0.2) is 0 Å². The van der Waals surface area contributed by atoms with Gasteiger partial charge in [-0.2, -0.15) is 0 Å². The van der Waals surface area contributed by atoms with Gasteiger partial charge in [-0.1, -0.05) is 13.8 Å². The summed E-state index contributed by atoms with van der Waals surface area (Å²) in [4.78, 5) is 6.58. The third-order valence-electron chi connectivity index (χ3n) is 4.23. The van der Waals surface area contributed by atoms with Crippen molar-refractivity contribution in [1.82, 2.24) is 10.3 Å². The summed E-state index contributed by atoms with van der Waals surface area (Å²) in [7, 11) is 0. The number of rotatable bonds is 4. The van der Waals surface area contributed by atoms with Crippen LogP contribution in [-0.2, 0) is 11.8 Å². The van der Waals surface area contributed by atoms with Gasteiger partial charge in [0.2, 0.25) is 0 Å². The molecule has 17 heavy (non-hydrogen) atoms. The van der Waals surface area contributed by atoms with Gasteiger partial charge in [-0.05, 0) is 38.6 Å². The highest BCUT2D eigenvalue weighted by atomic mass is 32.1. The first kappa shape index (κ1) is 11.7. The van der Waals surface area contributed by atoms with E-state index in [1.165, 1.54) is 42.8 Å². The van der Waals surface area contributed by atoms with Gasteiger partial charge in [0, 0.05) is 22.8 Å². The molecule has 1 saturated carbocycles. The lowest BCUT2D eigenvalue weighted by atomic mass is 9.91. The molecule has 0 saturated heterocycles. The average Bonchev–Trinajstić information content (AvgIpc) is 2.93. The van der Waals surface area contributed by atoms with E-state index in [0.717, 1.165) is 13.1 Å². The maximum absolute atomic E-state index is 5.00. The van der Waals surface area contributed by atoms with Crippen LogP contribution in [-0.4, -0.2) is 18.1 Å². The van der Waals surface area contributed by atoms with Gasteiger partial charge < -0.3 is 5.32 Å². The summed E-state index contributed by atoms with van der Waals surface area (Å²) in [5, 5.41) is 4.91. The third-order valence-corrected chi connectivity index (χ3v) is 5.66. The molecule has 2 aliphatic rings. The fourth-order valence-corrected chi connectivity index (χ4v) is 4.08. The molecule has 0 spiro atoms. The third kappa shape index (κ3) is 2.15. The molecule has 0 bridgehead atoms. The molecule has 1 atom stereocenters. The Kier molecular flexibility index (Phi) is 2.99. The second kappa shape index (κ2) is 4.36. The second-order valence-electron chi connectivity index (χ2n) is 5.78. The number of likely N-dealkylation sites (N-methyl/N-ethyl adjacent to an activating group) is 1. The van der Waals surface area contributed by atoms with Gasteiger partial charge in [0.05, 0.1) is 10.7 Å². The first-order valence-electron chi connectivity index (χ1n) is 6.94. The van der Waals surface area contributed by atoms with Gasteiger partial charge in [0.1, 0.15) is 0 Å². The first-order chi connectivity index (χ1) is 8.23. The molecule has 0 amide bonds. The van der Waals surface area contributed by atoms with Crippen molar-refractivity contribution < 1.29 is 0 Å². The Labute approximate surface area is 108 Å². The van der Waals surface area contributed by atoms with Gasteiger partial charge >= 0.3 is 0 Å². The van der Waals surface area contributed by atoms with Crippen LogP contribution < -0.4 is 5.32 Å². The molecule has 0 aliphatic heterocycles. The summed E-state index contributed by atoms with van der Waals surface area (Å²) in [6.45, 7) is 6.74. The summed E-state index contributed by atoms with van der Waals surface area (Å²) in [6.07, 6.45) is 6.63. The molecule has 1 heterocycles. The monoisotopic (exact) mass is 250 g/mol. The topological polar surface area (TPSA) is 24.9 Å². The number of nitrogens with zero attached hydrogens (tertiary/aromatic N) is 1. The molecule has 0 aromatic carbocycles. The Hall–Kier alpha value is -0.410. The van der Waals surface area contributed by atoms with E-state index >= 15 is 0 Å². The molecular formula is C14H22N2S. The van der Waals surface area contributed by atoms with Crippen molar-refractivity contribution in [3.05, 3.63) is 15.6 Å². The van der Waals surface area contributed by atoms with Crippen LogP contribution in [0.1, 0.15) is 61.0 Å². The summed E-state index contributed by atoms with van der Waals surface area (Å²) < 4.78 is 0. The molecule has 2 nitrogen and oxygen atoms in total. The lowest BCUT2D eigenvalue weighted by Crippen LogP contribution is -2.24. The predicted octanol–water partition coefficient (Wildman–Crippen LogP) is 3.22. The zero-order valence-corrected chi connectivity index (χ0v) is 11.7. The summed E-state index contributed by atoms with van der Waals surface area (Å²) >= 11 is 2.00. The van der Waals surface area contributed by atoms with Gasteiger partial charge in [0.15, 0.2) is 0 Å². The highest BCUT2D eigenvalue weighted by Gasteiger charge is 2.43. The van der Waals surface area contributed by atoms with Crippen LogP contribution in [0.3, 0.4) is 0 Å². The van der Waals surface area contributed by atoms with Crippen LogP contribution in [0.4, 0.5) is 0 Å². The summed E-state index contributed by atoms with van der Waals surface area (Å²) in [5.41, 5.74) is 1.88. The largest absolute Gasteiger partial charge is 0.316 e. The van der Waals surface area contributed by atoms with E-state index < -0.39 is 0 Å². The molecule has 0 radical (unpaired) electrons. The van der Waals surface area contributed by atoms with E-state index in [1.807, 2.05) is 11.3 Å². The number of thiazole rings is 1. The normalized spacial score (nSPS) is 25.6. The van der Waals surface area contributed by atoms with Crippen molar-refractivity contribution in [2.24, 2.45) is 0 Å². The number of fused-ring (bicyclic) bond motifs is 1. The zero-order valence-electron chi connectivity index (χ0n) is 10.9. The maximum atomic E-state index is 5.00. The van der Waals surface area contributed by atoms with Crippen molar-refractivity contribution in [3.63, 3.8) is 0 Å². The molecule has 2 aliphatic carbocycles. The average molecular weight is 250 g/mol. The standard InChI is InChI=1S/C14H22N2S/c1-3-15-9-10-5-4-6-11-12(10)16-13(17-11)14(2)7-8-14/h10,15H,3-9H2,1-2H3. The Morgan fingerprint density at radius 1 is 1.47 bits per heavy atom. The minimum absolute atomic E-state index is 0.449. The van der Waals surface area contributed by atoms with Crippen molar-refractivity contribution >= 4 is 11.3 Å². The Balaban J connectivity index is 1.83. The Morgan fingerprint density at radius 2 is 2.29 bits per heavy atom. The van der Waals surface area contributed by atoms with E-state index in [4.69, 9.17) is 4.98 Å². The number of aromatic nitrogens is 1. The molecular weight excluding hydrogens is 228 g/mol. The lowest BCUT2D eigenvalue weighted by Gasteiger charge is -2.21. The van der Waals surface area contributed by atoms with Crippen LogP contribution >= 0.6 is 11.3 Å². The minimum Gasteiger partial charge on any atom is -0.316 e. The predicted molar refractivity (Wildman–Crippen MR) is 72.9 cm³/mol. The highest BCUT2D eigenvalue weighted by Crippen LogP contribution is 2.50. The quantitative estimate of drug-likeness (QED) is 0.887. The zero-order chi connectivity index (χ0) is 11.9. The Bertz CT molecular complexity index is 406. The molecule has 1 aromatic heterocycles. The SMILES string of the molecule is CCNCC1CCCc2sc(C3(C)CC3)nc21. The van der Waals surface area contributed by atoms with E-state index in [0.29, 0.717) is 11.3 Å². The second-order valence-corrected chi connectivity index (χ2v) is 6.87. The van der Waals surface area contributed by atoms with Crippen LogP contribution in [0, 0.1) is 0 Å². The van der Waals surface area contributed by atoms with Crippen molar-refractivity contribution in [2.45, 2.75) is 57.3 Å². The fraction of sp³-hybridized carbons (Fsp3) is 0.786. The van der Waals surface area contributed by atoms with Gasteiger partial charge in [-0.15, -0.1) is 11.3 Å². The van der Waals surface area contributed by atoms with Crippen LogP contribution in [0.25, 0.3) is 0 Å². The smallest absolute Gasteiger partial charge is 0.0990 e. The van der Waals surface area contributed by atoms with E-state index in [1.54, 1.807) is 4.88 Å². The van der Waals surface area contributed by atoms with Crippen molar-refractivity contribution in [1.29, 1.82) is 0 Å². The molecule has 3 rings (SSSR count). The minimum atomic E-state index is 0.449. The van der Waals surface area contributed by atoms with Crippen LogP contribution in [0.5, 0.6) is 0 Å². The van der Waals surface area contributed by atoms with Gasteiger partial charge in [-0.25, -0.2) is 4.98 Å². The highest BCUT2D eigenvalue weighted by molar-refractivity contribution is 7.12. The number of aryl methyl sites for hydroxylation is 1. The van der Waals surface area contributed by atoms with Gasteiger partial charge in [-0.3, -0.25) is 0 Å². The van der Waals surface area contributed by atoms with E-state index in [-0.39, 0.29) is 0 Å².